The van der Waals surface area contributed by atoms with Crippen LogP contribution < -0.4 is 0 Å². The number of aliphatic hydroxyl groups excluding tert-OH is 1. The van der Waals surface area contributed by atoms with E-state index in [0.29, 0.717) is 11.2 Å². The molecule has 2 aromatic rings. The zero-order valence-corrected chi connectivity index (χ0v) is 10.7. The molecule has 1 N–H and O–H groups in total. The second-order valence-electron chi connectivity index (χ2n) is 4.83. The maximum absolute atomic E-state index is 14.3. The molecular formula is C12H15FN4O2. The van der Waals surface area contributed by atoms with E-state index in [1.54, 1.807) is 11.5 Å². The first-order valence-corrected chi connectivity index (χ1v) is 6.18. The van der Waals surface area contributed by atoms with E-state index in [4.69, 9.17) is 4.74 Å². The van der Waals surface area contributed by atoms with Crippen LogP contribution in [0.25, 0.3) is 11.2 Å². The average molecular weight is 266 g/mol. The maximum atomic E-state index is 14.3. The number of hydrogen-bond donors (Lipinski definition) is 1. The third kappa shape index (κ3) is 1.81. The van der Waals surface area contributed by atoms with Crippen molar-refractivity contribution in [3.05, 3.63) is 18.3 Å². The highest BCUT2D eigenvalue weighted by molar-refractivity contribution is 5.72. The monoisotopic (exact) mass is 266 g/mol. The first-order valence-electron chi connectivity index (χ1n) is 6.18. The van der Waals surface area contributed by atoms with Crippen LogP contribution in [0.3, 0.4) is 0 Å². The van der Waals surface area contributed by atoms with Crippen LogP contribution in [0, 0.1) is 12.8 Å². The van der Waals surface area contributed by atoms with E-state index in [9.17, 15) is 9.50 Å². The van der Waals surface area contributed by atoms with Crippen LogP contribution in [0.5, 0.6) is 0 Å². The fraction of sp³-hybridized carbons (Fsp3) is 0.583. The molecule has 0 aromatic carbocycles. The Morgan fingerprint density at radius 3 is 2.89 bits per heavy atom. The minimum absolute atomic E-state index is 0.196. The number of fused-ring (bicyclic) bond motifs is 1. The van der Waals surface area contributed by atoms with Gasteiger partial charge in [0.05, 0.1) is 24.7 Å². The molecule has 0 saturated carbocycles. The number of imidazole rings is 1. The first kappa shape index (κ1) is 12.4. The van der Waals surface area contributed by atoms with Gasteiger partial charge in [-0.15, -0.1) is 0 Å². The molecule has 1 saturated heterocycles. The van der Waals surface area contributed by atoms with Crippen LogP contribution >= 0.6 is 0 Å². The molecule has 1 aliphatic heterocycles. The van der Waals surface area contributed by atoms with Crippen molar-refractivity contribution in [3.8, 4) is 0 Å². The molecule has 2 aromatic heterocycles. The summed E-state index contributed by atoms with van der Waals surface area (Å²) in [5.41, 5.74) is 1.92. The zero-order chi connectivity index (χ0) is 13.6. The summed E-state index contributed by atoms with van der Waals surface area (Å²) < 4.78 is 21.4. The number of nitrogens with zero attached hydrogens (tertiary/aromatic N) is 4. The minimum atomic E-state index is -1.20. The van der Waals surface area contributed by atoms with Gasteiger partial charge in [0.2, 0.25) is 0 Å². The average Bonchev–Trinajstić information content (AvgIpc) is 2.94. The van der Waals surface area contributed by atoms with Crippen molar-refractivity contribution >= 4 is 11.2 Å². The summed E-state index contributed by atoms with van der Waals surface area (Å²) in [5.74, 6) is -0.365. The maximum Gasteiger partial charge on any atom is 0.168 e. The van der Waals surface area contributed by atoms with Crippen molar-refractivity contribution in [1.82, 2.24) is 19.5 Å². The van der Waals surface area contributed by atoms with Crippen LogP contribution in [0.4, 0.5) is 4.39 Å². The highest BCUT2D eigenvalue weighted by atomic mass is 19.1. The van der Waals surface area contributed by atoms with Crippen LogP contribution in [0.15, 0.2) is 12.7 Å². The molecule has 0 radical (unpaired) electrons. The number of aromatic nitrogens is 4. The van der Waals surface area contributed by atoms with Crippen LogP contribution in [-0.4, -0.2) is 43.5 Å². The number of aliphatic hydroxyl groups is 1. The highest BCUT2D eigenvalue weighted by Gasteiger charge is 2.43. The molecule has 0 unspecified atom stereocenters. The Labute approximate surface area is 109 Å². The van der Waals surface area contributed by atoms with E-state index in [2.05, 4.69) is 15.0 Å². The van der Waals surface area contributed by atoms with Crippen molar-refractivity contribution in [2.24, 2.45) is 5.92 Å². The Kier molecular flexibility index (Phi) is 2.94. The number of ether oxygens (including phenoxy) is 1. The van der Waals surface area contributed by atoms with E-state index < -0.39 is 18.5 Å². The molecular weight excluding hydrogens is 251 g/mol. The summed E-state index contributed by atoms with van der Waals surface area (Å²) in [6, 6.07) is 0. The third-order valence-electron chi connectivity index (χ3n) is 3.67. The SMILES string of the molecule is Cc1ncnc2c1ncn2[C@@H]1O[C@H](CO)[C@@H](C)[C@@H]1F. The molecule has 19 heavy (non-hydrogen) atoms. The molecule has 0 spiro atoms. The highest BCUT2D eigenvalue weighted by Crippen LogP contribution is 2.37. The van der Waals surface area contributed by atoms with Crippen LogP contribution in [0.2, 0.25) is 0 Å². The van der Waals surface area contributed by atoms with E-state index >= 15 is 0 Å². The number of alkyl halides is 1. The Morgan fingerprint density at radius 1 is 1.42 bits per heavy atom. The molecule has 102 valence electrons. The van der Waals surface area contributed by atoms with Gasteiger partial charge in [0.25, 0.3) is 0 Å². The second kappa shape index (κ2) is 4.50. The predicted molar refractivity (Wildman–Crippen MR) is 65.1 cm³/mol. The Bertz CT molecular complexity index is 602. The van der Waals surface area contributed by atoms with Crippen molar-refractivity contribution in [1.29, 1.82) is 0 Å². The summed E-state index contributed by atoms with van der Waals surface area (Å²) in [6.45, 7) is 3.35. The van der Waals surface area contributed by atoms with Gasteiger partial charge in [-0.05, 0) is 6.92 Å². The van der Waals surface area contributed by atoms with E-state index in [0.717, 1.165) is 5.69 Å². The molecule has 1 aliphatic rings. The van der Waals surface area contributed by atoms with E-state index in [-0.39, 0.29) is 12.5 Å². The first-order chi connectivity index (χ1) is 9.13. The molecule has 0 bridgehead atoms. The van der Waals surface area contributed by atoms with Gasteiger partial charge < -0.3 is 9.84 Å². The summed E-state index contributed by atoms with van der Waals surface area (Å²) in [4.78, 5) is 12.4. The van der Waals surface area contributed by atoms with E-state index in [1.807, 2.05) is 6.92 Å². The quantitative estimate of drug-likeness (QED) is 0.877. The van der Waals surface area contributed by atoms with Crippen LogP contribution in [-0.2, 0) is 4.74 Å². The lowest BCUT2D eigenvalue weighted by Crippen LogP contribution is -2.21. The van der Waals surface area contributed by atoms with E-state index in [1.165, 1.54) is 12.7 Å². The van der Waals surface area contributed by atoms with Gasteiger partial charge in [-0.2, -0.15) is 0 Å². The van der Waals surface area contributed by atoms with Gasteiger partial charge in [-0.25, -0.2) is 19.3 Å². The smallest absolute Gasteiger partial charge is 0.168 e. The van der Waals surface area contributed by atoms with Crippen molar-refractivity contribution in [3.63, 3.8) is 0 Å². The van der Waals surface area contributed by atoms with Gasteiger partial charge in [0, 0.05) is 5.92 Å². The molecule has 3 heterocycles. The molecule has 0 aliphatic carbocycles. The van der Waals surface area contributed by atoms with Gasteiger partial charge in [0.1, 0.15) is 11.8 Å². The van der Waals surface area contributed by atoms with Crippen LogP contribution in [0.1, 0.15) is 18.8 Å². The lowest BCUT2D eigenvalue weighted by atomic mass is 10.0. The predicted octanol–water partition coefficient (Wildman–Crippen LogP) is 0.999. The molecule has 7 heteroatoms. The normalized spacial score (nSPS) is 31.2. The van der Waals surface area contributed by atoms with Gasteiger partial charge in [0.15, 0.2) is 18.0 Å². The standard InChI is InChI=1S/C12H15FN4O2/c1-6-8(3-18)19-12(9(6)13)17-5-16-10-7(2)14-4-15-11(10)17/h4-6,8-9,12,18H,3H2,1-2H3/t6-,8-,9+,12-/m1/s1. The summed E-state index contributed by atoms with van der Waals surface area (Å²) in [6.07, 6.45) is 0.429. The summed E-state index contributed by atoms with van der Waals surface area (Å²) >= 11 is 0. The van der Waals surface area contributed by atoms with Crippen molar-refractivity contribution in [2.45, 2.75) is 32.4 Å². The topological polar surface area (TPSA) is 73.1 Å². The Balaban J connectivity index is 2.04. The molecule has 0 amide bonds. The number of aryl methyl sites for hydroxylation is 1. The lowest BCUT2D eigenvalue weighted by Gasteiger charge is -2.15. The van der Waals surface area contributed by atoms with Gasteiger partial charge in [-0.1, -0.05) is 6.92 Å². The van der Waals surface area contributed by atoms with Crippen molar-refractivity contribution < 1.29 is 14.2 Å². The Hall–Kier alpha value is -1.60. The van der Waals surface area contributed by atoms with Gasteiger partial charge in [-0.3, -0.25) is 4.57 Å². The fourth-order valence-electron chi connectivity index (χ4n) is 2.43. The number of rotatable bonds is 2. The second-order valence-corrected chi connectivity index (χ2v) is 4.83. The zero-order valence-electron chi connectivity index (χ0n) is 10.7. The minimum Gasteiger partial charge on any atom is -0.394 e. The summed E-state index contributed by atoms with van der Waals surface area (Å²) in [5, 5.41) is 9.18. The number of hydrogen-bond acceptors (Lipinski definition) is 5. The molecule has 3 rings (SSSR count). The third-order valence-corrected chi connectivity index (χ3v) is 3.67. The fourth-order valence-corrected chi connectivity index (χ4v) is 2.43. The lowest BCUT2D eigenvalue weighted by molar-refractivity contribution is -0.0378. The van der Waals surface area contributed by atoms with Gasteiger partial charge >= 0.3 is 0 Å². The summed E-state index contributed by atoms with van der Waals surface area (Å²) in [7, 11) is 0. The largest absolute Gasteiger partial charge is 0.394 e. The molecule has 6 nitrogen and oxygen atoms in total. The number of halogens is 1. The molecule has 1 fully saturated rings. The Morgan fingerprint density at radius 2 is 2.21 bits per heavy atom. The molecule has 4 atom stereocenters. The van der Waals surface area contributed by atoms with Crippen molar-refractivity contribution in [2.75, 3.05) is 6.61 Å².